The molecule has 82 valence electrons. The Balaban J connectivity index is 1.90. The van der Waals surface area contributed by atoms with Gasteiger partial charge < -0.3 is 9.72 Å². The third-order valence-corrected chi connectivity index (χ3v) is 3.13. The van der Waals surface area contributed by atoms with Crippen molar-refractivity contribution in [3.8, 4) is 0 Å². The zero-order valence-corrected chi connectivity index (χ0v) is 8.82. The molecule has 1 N–H and O–H groups in total. The highest BCUT2D eigenvalue weighted by Gasteiger charge is 2.54. The van der Waals surface area contributed by atoms with Crippen LogP contribution in [0.15, 0.2) is 22.6 Å². The lowest BCUT2D eigenvalue weighted by Crippen LogP contribution is -2.10. The van der Waals surface area contributed by atoms with Gasteiger partial charge in [-0.05, 0) is 23.6 Å². The third-order valence-electron chi connectivity index (χ3n) is 3.13. The average molecular weight is 217 g/mol. The summed E-state index contributed by atoms with van der Waals surface area (Å²) >= 11 is 0. The molecule has 1 aromatic heterocycles. The maximum absolute atomic E-state index is 11.6. The fourth-order valence-corrected chi connectivity index (χ4v) is 2.40. The number of rotatable bonds is 2. The second kappa shape index (κ2) is 3.07. The molecule has 2 atom stereocenters. The van der Waals surface area contributed by atoms with Crippen LogP contribution in [0.25, 0.3) is 6.08 Å². The van der Waals surface area contributed by atoms with Crippen LogP contribution in [0.5, 0.6) is 0 Å². The van der Waals surface area contributed by atoms with Crippen molar-refractivity contribution in [2.45, 2.75) is 12.8 Å². The molecular weight excluding hydrogens is 206 g/mol. The van der Waals surface area contributed by atoms with Gasteiger partial charge in [-0.2, -0.15) is 0 Å². The highest BCUT2D eigenvalue weighted by molar-refractivity contribution is 5.91. The van der Waals surface area contributed by atoms with Gasteiger partial charge >= 0.3 is 5.97 Å². The normalized spacial score (nSPS) is 24.4. The molecule has 0 saturated heterocycles. The largest absolute Gasteiger partial charge is 0.466 e. The maximum atomic E-state index is 11.6. The standard InChI is InChI=1S/C12H11NO3/c1-2-16-12(15)11-7-3-6-4-9(14)13-5-8(6)10(7)11/h3-5,10-11H,2H2,1H3,(H,13,14)/t10-,11+/m1/s1. The van der Waals surface area contributed by atoms with Gasteiger partial charge in [-0.1, -0.05) is 6.08 Å². The van der Waals surface area contributed by atoms with Crippen LogP contribution in [-0.4, -0.2) is 17.6 Å². The molecule has 0 aromatic carbocycles. The number of fused-ring (bicyclic) bond motifs is 3. The summed E-state index contributed by atoms with van der Waals surface area (Å²) in [5.74, 6) is -0.125. The minimum atomic E-state index is -0.157. The fourth-order valence-electron chi connectivity index (χ4n) is 2.40. The van der Waals surface area contributed by atoms with E-state index >= 15 is 0 Å². The summed E-state index contributed by atoms with van der Waals surface area (Å²) in [7, 11) is 0. The lowest BCUT2D eigenvalue weighted by molar-refractivity contribution is -0.144. The van der Waals surface area contributed by atoms with Gasteiger partial charge in [-0.3, -0.25) is 9.59 Å². The second-order valence-electron chi connectivity index (χ2n) is 4.06. The van der Waals surface area contributed by atoms with Crippen molar-refractivity contribution < 1.29 is 9.53 Å². The first-order chi connectivity index (χ1) is 7.72. The minimum absolute atomic E-state index is 0.107. The smallest absolute Gasteiger partial charge is 0.314 e. The van der Waals surface area contributed by atoms with Gasteiger partial charge in [0.2, 0.25) is 5.56 Å². The monoisotopic (exact) mass is 217 g/mol. The predicted molar refractivity (Wildman–Crippen MR) is 57.9 cm³/mol. The molecule has 0 spiro atoms. The first-order valence-electron chi connectivity index (χ1n) is 5.33. The summed E-state index contributed by atoms with van der Waals surface area (Å²) in [5, 5.41) is 0. The second-order valence-corrected chi connectivity index (χ2v) is 4.06. The number of hydrogen-bond acceptors (Lipinski definition) is 3. The first kappa shape index (κ1) is 9.39. The van der Waals surface area contributed by atoms with Gasteiger partial charge in [-0.15, -0.1) is 0 Å². The zero-order valence-electron chi connectivity index (χ0n) is 8.82. The topological polar surface area (TPSA) is 59.2 Å². The van der Waals surface area contributed by atoms with Crippen molar-refractivity contribution in [3.05, 3.63) is 39.3 Å². The van der Waals surface area contributed by atoms with Gasteiger partial charge in [0.15, 0.2) is 0 Å². The third kappa shape index (κ3) is 1.16. The Morgan fingerprint density at radius 2 is 2.38 bits per heavy atom. The number of pyridine rings is 1. The number of H-pyrrole nitrogens is 1. The van der Waals surface area contributed by atoms with Crippen LogP contribution in [0.1, 0.15) is 24.0 Å². The van der Waals surface area contributed by atoms with Crippen molar-refractivity contribution in [1.29, 1.82) is 0 Å². The lowest BCUT2D eigenvalue weighted by atomic mass is 10.1. The van der Waals surface area contributed by atoms with E-state index in [0.29, 0.717) is 6.61 Å². The van der Waals surface area contributed by atoms with Crippen molar-refractivity contribution in [2.24, 2.45) is 5.92 Å². The number of hydrogen-bond donors (Lipinski definition) is 1. The van der Waals surface area contributed by atoms with Crippen LogP contribution in [-0.2, 0) is 9.53 Å². The van der Waals surface area contributed by atoms with Gasteiger partial charge in [0, 0.05) is 18.2 Å². The number of ether oxygens (including phenoxy) is 1. The molecule has 1 fully saturated rings. The van der Waals surface area contributed by atoms with E-state index in [9.17, 15) is 9.59 Å². The van der Waals surface area contributed by atoms with E-state index < -0.39 is 0 Å². The van der Waals surface area contributed by atoms with E-state index in [0.717, 1.165) is 16.7 Å². The molecular formula is C12H11NO3. The van der Waals surface area contributed by atoms with Crippen molar-refractivity contribution in [2.75, 3.05) is 6.61 Å². The number of carbonyl (C=O) groups excluding carboxylic acids is 1. The Morgan fingerprint density at radius 1 is 1.56 bits per heavy atom. The molecule has 3 rings (SSSR count). The zero-order chi connectivity index (χ0) is 11.3. The van der Waals surface area contributed by atoms with Gasteiger partial charge in [0.05, 0.1) is 12.5 Å². The molecule has 0 radical (unpaired) electrons. The van der Waals surface area contributed by atoms with E-state index in [1.54, 1.807) is 19.2 Å². The van der Waals surface area contributed by atoms with Crippen molar-refractivity contribution in [1.82, 2.24) is 4.98 Å². The molecule has 0 aliphatic heterocycles. The number of esters is 1. The van der Waals surface area contributed by atoms with Gasteiger partial charge in [0.25, 0.3) is 0 Å². The highest BCUT2D eigenvalue weighted by Crippen LogP contribution is 2.59. The van der Waals surface area contributed by atoms with E-state index in [2.05, 4.69) is 4.98 Å². The molecule has 1 saturated carbocycles. The predicted octanol–water partition coefficient (Wildman–Crippen LogP) is 1.05. The van der Waals surface area contributed by atoms with E-state index in [4.69, 9.17) is 4.74 Å². The van der Waals surface area contributed by atoms with Crippen LogP contribution in [0.2, 0.25) is 0 Å². The summed E-state index contributed by atoms with van der Waals surface area (Å²) in [4.78, 5) is 25.3. The molecule has 1 heterocycles. The Labute approximate surface area is 91.9 Å². The summed E-state index contributed by atoms with van der Waals surface area (Å²) in [6.45, 7) is 2.21. The molecule has 16 heavy (non-hydrogen) atoms. The summed E-state index contributed by atoms with van der Waals surface area (Å²) in [6, 6.07) is 1.57. The Bertz CT molecular complexity index is 556. The van der Waals surface area contributed by atoms with Crippen molar-refractivity contribution >= 4 is 12.0 Å². The highest BCUT2D eigenvalue weighted by atomic mass is 16.5. The number of nitrogens with one attached hydrogen (secondary N) is 1. The summed E-state index contributed by atoms with van der Waals surface area (Å²) in [5.41, 5.74) is 2.94. The van der Waals surface area contributed by atoms with Crippen LogP contribution >= 0.6 is 0 Å². The average Bonchev–Trinajstić information content (AvgIpc) is 2.82. The molecule has 2 aliphatic carbocycles. The van der Waals surface area contributed by atoms with Crippen LogP contribution in [0, 0.1) is 5.92 Å². The Kier molecular flexibility index (Phi) is 1.80. The fraction of sp³-hybridized carbons (Fsp3) is 0.333. The quantitative estimate of drug-likeness (QED) is 0.753. The molecule has 1 aromatic rings. The van der Waals surface area contributed by atoms with Crippen LogP contribution in [0.3, 0.4) is 0 Å². The summed E-state index contributed by atoms with van der Waals surface area (Å²) in [6.07, 6.45) is 3.63. The molecule has 0 amide bonds. The Hall–Kier alpha value is -1.84. The molecule has 4 nitrogen and oxygen atoms in total. The molecule has 0 bridgehead atoms. The van der Waals surface area contributed by atoms with Crippen molar-refractivity contribution in [3.63, 3.8) is 0 Å². The minimum Gasteiger partial charge on any atom is -0.466 e. The summed E-state index contributed by atoms with van der Waals surface area (Å²) < 4.78 is 4.99. The molecule has 2 aliphatic rings. The van der Waals surface area contributed by atoms with Crippen LogP contribution < -0.4 is 5.56 Å². The van der Waals surface area contributed by atoms with Crippen LogP contribution in [0.4, 0.5) is 0 Å². The number of carbonyl (C=O) groups is 1. The lowest BCUT2D eigenvalue weighted by Gasteiger charge is -2.03. The van der Waals surface area contributed by atoms with E-state index in [-0.39, 0.29) is 23.4 Å². The van der Waals surface area contributed by atoms with Gasteiger partial charge in [-0.25, -0.2) is 0 Å². The van der Waals surface area contributed by atoms with E-state index in [1.807, 2.05) is 6.08 Å². The Morgan fingerprint density at radius 3 is 3.12 bits per heavy atom. The molecule has 4 heteroatoms. The molecule has 0 unspecified atom stereocenters. The van der Waals surface area contributed by atoms with E-state index in [1.165, 1.54) is 0 Å². The number of aromatic amines is 1. The van der Waals surface area contributed by atoms with Gasteiger partial charge in [0.1, 0.15) is 0 Å². The maximum Gasteiger partial charge on any atom is 0.314 e. The SMILES string of the molecule is CCOC(=O)[C@H]1C2=Cc3cc(=O)[nH]cc3[C@@H]21. The first-order valence-corrected chi connectivity index (χ1v) is 5.33. The number of aromatic nitrogens is 1.